The molecule has 0 heterocycles. The van der Waals surface area contributed by atoms with Gasteiger partial charge in [-0.3, -0.25) is 0 Å². The van der Waals surface area contributed by atoms with E-state index in [0.29, 0.717) is 0 Å². The lowest BCUT2D eigenvalue weighted by atomic mass is 10.3. The summed E-state index contributed by atoms with van der Waals surface area (Å²) >= 11 is 0. The molecule has 0 saturated heterocycles. The topological polar surface area (TPSA) is 120 Å². The van der Waals surface area contributed by atoms with Crippen LogP contribution in [0.25, 0.3) is 0 Å². The Bertz CT molecular complexity index is 368. The van der Waals surface area contributed by atoms with Gasteiger partial charge in [0.05, 0.1) is 9.49 Å². The van der Waals surface area contributed by atoms with Crippen LogP contribution in [0.2, 0.25) is 0 Å². The van der Waals surface area contributed by atoms with Crippen LogP contribution in [0.5, 0.6) is 0 Å². The Kier molecular flexibility index (Phi) is 5.67. The molecule has 0 unspecified atom stereocenters. The monoisotopic (exact) mass is 274 g/mol. The van der Waals surface area contributed by atoms with Crippen LogP contribution in [0.4, 0.5) is 0 Å². The minimum absolute atomic E-state index is 0.812. The first-order chi connectivity index (χ1) is 6.50. The predicted molar refractivity (Wildman–Crippen MR) is 65.7 cm³/mol. The molecule has 8 heteroatoms. The average molecular weight is 274 g/mol. The number of hydrogen-bond acceptors (Lipinski definition) is 4. The molecular formula is C8H22N2O4S2. The highest BCUT2D eigenvalue weighted by Gasteiger charge is 2.24. The molecule has 100 valence electrons. The summed E-state index contributed by atoms with van der Waals surface area (Å²) in [6, 6.07) is 0. The molecule has 0 amide bonds. The molecule has 0 fully saturated rings. The Morgan fingerprint density at radius 3 is 0.688 bits per heavy atom. The molecule has 0 aliphatic heterocycles. The maximum Gasteiger partial charge on any atom is 0.214 e. The van der Waals surface area contributed by atoms with Crippen LogP contribution >= 0.6 is 0 Å². The Labute approximate surface area is 98.5 Å². The molecule has 0 radical (unpaired) electrons. The third kappa shape index (κ3) is 7.15. The molecule has 4 N–H and O–H groups in total. The second-order valence-electron chi connectivity index (χ2n) is 5.31. The van der Waals surface area contributed by atoms with Crippen molar-refractivity contribution in [2.45, 2.75) is 51.0 Å². The van der Waals surface area contributed by atoms with Crippen molar-refractivity contribution in [1.82, 2.24) is 0 Å². The van der Waals surface area contributed by atoms with E-state index in [1.807, 2.05) is 0 Å². The first kappa shape index (κ1) is 18.2. The van der Waals surface area contributed by atoms with Gasteiger partial charge in [-0.15, -0.1) is 0 Å². The molecule has 0 saturated carbocycles. The minimum Gasteiger partial charge on any atom is -0.228 e. The summed E-state index contributed by atoms with van der Waals surface area (Å²) in [6.07, 6.45) is 0. The van der Waals surface area contributed by atoms with Gasteiger partial charge in [-0.05, 0) is 41.5 Å². The number of sulfonamides is 2. The van der Waals surface area contributed by atoms with Gasteiger partial charge in [-0.1, -0.05) is 0 Å². The van der Waals surface area contributed by atoms with Gasteiger partial charge >= 0.3 is 0 Å². The molecule has 16 heavy (non-hydrogen) atoms. The fourth-order valence-electron chi connectivity index (χ4n) is 0. The normalized spacial score (nSPS) is 14.0. The van der Waals surface area contributed by atoms with Crippen molar-refractivity contribution in [3.8, 4) is 0 Å². The largest absolute Gasteiger partial charge is 0.228 e. The highest BCUT2D eigenvalue weighted by molar-refractivity contribution is 7.90. The zero-order valence-corrected chi connectivity index (χ0v) is 12.2. The van der Waals surface area contributed by atoms with E-state index in [9.17, 15) is 16.8 Å². The zero-order chi connectivity index (χ0) is 14.0. The zero-order valence-electron chi connectivity index (χ0n) is 10.6. The maximum absolute atomic E-state index is 10.4. The Balaban J connectivity index is 0. The number of primary sulfonamides is 2. The summed E-state index contributed by atoms with van der Waals surface area (Å²) in [5.74, 6) is 0. The van der Waals surface area contributed by atoms with E-state index in [1.165, 1.54) is 0 Å². The summed E-state index contributed by atoms with van der Waals surface area (Å²) in [5.41, 5.74) is 0. The molecule has 0 aliphatic rings. The van der Waals surface area contributed by atoms with Crippen LogP contribution in [-0.4, -0.2) is 26.3 Å². The summed E-state index contributed by atoms with van der Waals surface area (Å²) in [4.78, 5) is 0. The summed E-state index contributed by atoms with van der Waals surface area (Å²) in [5, 5.41) is 9.57. The van der Waals surface area contributed by atoms with Crippen LogP contribution in [0.1, 0.15) is 41.5 Å². The molecule has 6 nitrogen and oxygen atoms in total. The lowest BCUT2D eigenvalue weighted by Gasteiger charge is -2.13. The van der Waals surface area contributed by atoms with Gasteiger partial charge in [0.15, 0.2) is 0 Å². The molecule has 0 bridgehead atoms. The smallest absolute Gasteiger partial charge is 0.214 e. The van der Waals surface area contributed by atoms with Crippen molar-refractivity contribution >= 4 is 20.0 Å². The molecule has 0 aromatic rings. The minimum atomic E-state index is -3.34. The van der Waals surface area contributed by atoms with Crippen molar-refractivity contribution in [2.24, 2.45) is 10.3 Å². The predicted octanol–water partition coefficient (Wildman–Crippen LogP) is 0.147. The van der Waals surface area contributed by atoms with Crippen LogP contribution in [0, 0.1) is 0 Å². The summed E-state index contributed by atoms with van der Waals surface area (Å²) in [6.45, 7) is 9.35. The summed E-state index contributed by atoms with van der Waals surface area (Å²) < 4.78 is 40.1. The Morgan fingerprint density at radius 2 is 0.688 bits per heavy atom. The van der Waals surface area contributed by atoms with Crippen molar-refractivity contribution < 1.29 is 16.8 Å². The third-order valence-electron chi connectivity index (χ3n) is 1.71. The standard InChI is InChI=1S/2C4H11NO2S/c2*1-4(2,3)8(5,6)7/h2*1-3H3,(H2,5,6,7). The first-order valence-corrected chi connectivity index (χ1v) is 7.64. The van der Waals surface area contributed by atoms with E-state index < -0.39 is 29.5 Å². The van der Waals surface area contributed by atoms with Gasteiger partial charge in [-0.2, -0.15) is 0 Å². The van der Waals surface area contributed by atoms with Crippen LogP contribution in [-0.2, 0) is 20.0 Å². The maximum atomic E-state index is 10.4. The Hall–Kier alpha value is -0.180. The third-order valence-corrected chi connectivity index (χ3v) is 5.12. The van der Waals surface area contributed by atoms with Crippen molar-refractivity contribution in [2.75, 3.05) is 0 Å². The van der Waals surface area contributed by atoms with Crippen LogP contribution < -0.4 is 10.3 Å². The van der Waals surface area contributed by atoms with Gasteiger partial charge in [-0.25, -0.2) is 27.1 Å². The van der Waals surface area contributed by atoms with E-state index in [1.54, 1.807) is 41.5 Å². The van der Waals surface area contributed by atoms with E-state index in [0.717, 1.165) is 0 Å². The molecular weight excluding hydrogens is 252 g/mol. The van der Waals surface area contributed by atoms with E-state index >= 15 is 0 Å². The fourth-order valence-corrected chi connectivity index (χ4v) is 0. The van der Waals surface area contributed by atoms with Gasteiger partial charge in [0.2, 0.25) is 20.0 Å². The first-order valence-electron chi connectivity index (χ1n) is 4.55. The fraction of sp³-hybridized carbons (Fsp3) is 1.00. The van der Waals surface area contributed by atoms with Crippen molar-refractivity contribution in [3.63, 3.8) is 0 Å². The highest BCUT2D eigenvalue weighted by Crippen LogP contribution is 2.09. The second-order valence-corrected chi connectivity index (χ2v) is 9.94. The number of nitrogens with two attached hydrogens (primary N) is 2. The molecule has 0 aromatic carbocycles. The molecule has 0 atom stereocenters. The molecule has 0 rings (SSSR count). The SMILES string of the molecule is CC(C)(C)S(N)(=O)=O.CC(C)(C)S(N)(=O)=O. The molecule has 0 aliphatic carbocycles. The van der Waals surface area contributed by atoms with Gasteiger partial charge in [0.25, 0.3) is 0 Å². The second kappa shape index (κ2) is 4.99. The lowest BCUT2D eigenvalue weighted by Crippen LogP contribution is -2.34. The van der Waals surface area contributed by atoms with Gasteiger partial charge < -0.3 is 0 Å². The molecule has 0 aromatic heterocycles. The van der Waals surface area contributed by atoms with Crippen molar-refractivity contribution in [3.05, 3.63) is 0 Å². The van der Waals surface area contributed by atoms with E-state index in [2.05, 4.69) is 0 Å². The van der Waals surface area contributed by atoms with Crippen molar-refractivity contribution in [1.29, 1.82) is 0 Å². The van der Waals surface area contributed by atoms with E-state index in [-0.39, 0.29) is 0 Å². The van der Waals surface area contributed by atoms with Crippen LogP contribution in [0.3, 0.4) is 0 Å². The summed E-state index contributed by atoms with van der Waals surface area (Å²) in [7, 11) is -6.68. The lowest BCUT2D eigenvalue weighted by molar-refractivity contribution is 0.561. The van der Waals surface area contributed by atoms with Gasteiger partial charge in [0, 0.05) is 0 Å². The number of hydrogen-bond donors (Lipinski definition) is 2. The number of rotatable bonds is 0. The average Bonchev–Trinajstić information content (AvgIpc) is 1.77. The quantitative estimate of drug-likeness (QED) is 0.653. The van der Waals surface area contributed by atoms with Gasteiger partial charge in [0.1, 0.15) is 0 Å². The highest BCUT2D eigenvalue weighted by atomic mass is 32.2. The van der Waals surface area contributed by atoms with Crippen LogP contribution in [0.15, 0.2) is 0 Å². The van der Waals surface area contributed by atoms with E-state index in [4.69, 9.17) is 10.3 Å². The molecule has 0 spiro atoms. The Morgan fingerprint density at radius 1 is 0.625 bits per heavy atom.